The molecule has 1 rings (SSSR count). The largest absolute Gasteiger partial charge is 0.496 e. The van der Waals surface area contributed by atoms with Gasteiger partial charge in [0, 0.05) is 5.56 Å². The van der Waals surface area contributed by atoms with E-state index in [0.29, 0.717) is 0 Å². The molecule has 17 heavy (non-hydrogen) atoms. The van der Waals surface area contributed by atoms with Gasteiger partial charge in [-0.25, -0.2) is 0 Å². The number of aryl methyl sites for hydroxylation is 2. The molecule has 2 N–H and O–H groups in total. The van der Waals surface area contributed by atoms with Crippen molar-refractivity contribution in [1.82, 2.24) is 5.32 Å². The lowest BCUT2D eigenvalue weighted by molar-refractivity contribution is 0.0389. The van der Waals surface area contributed by atoms with Crippen LogP contribution in [0, 0.1) is 13.8 Å². The third-order valence-corrected chi connectivity index (χ3v) is 3.00. The summed E-state index contributed by atoms with van der Waals surface area (Å²) in [6.07, 6.45) is 0. The first-order valence-corrected chi connectivity index (χ1v) is 5.86. The summed E-state index contributed by atoms with van der Waals surface area (Å²) in [6.45, 7) is 7.68. The zero-order valence-corrected chi connectivity index (χ0v) is 11.6. The molecular weight excluding hydrogens is 214 g/mol. The van der Waals surface area contributed by atoms with E-state index >= 15 is 0 Å². The van der Waals surface area contributed by atoms with E-state index < -0.39 is 5.60 Å². The molecule has 0 saturated carbocycles. The number of methoxy groups -OCH3 is 1. The fourth-order valence-electron chi connectivity index (χ4n) is 2.33. The Hall–Kier alpha value is -1.06. The van der Waals surface area contributed by atoms with Crippen LogP contribution in [0.4, 0.5) is 0 Å². The molecule has 3 heteroatoms. The van der Waals surface area contributed by atoms with Gasteiger partial charge in [-0.05, 0) is 51.9 Å². The molecule has 0 amide bonds. The quantitative estimate of drug-likeness (QED) is 0.844. The summed E-state index contributed by atoms with van der Waals surface area (Å²) in [5, 5.41) is 13.4. The van der Waals surface area contributed by atoms with E-state index in [9.17, 15) is 5.11 Å². The van der Waals surface area contributed by atoms with Crippen molar-refractivity contribution in [3.05, 3.63) is 28.8 Å². The average Bonchev–Trinajstić information content (AvgIpc) is 2.19. The minimum Gasteiger partial charge on any atom is -0.496 e. The fourth-order valence-corrected chi connectivity index (χ4v) is 2.33. The topological polar surface area (TPSA) is 41.5 Å². The molecule has 0 aliphatic rings. The van der Waals surface area contributed by atoms with Gasteiger partial charge >= 0.3 is 0 Å². The number of hydrogen-bond acceptors (Lipinski definition) is 3. The minimum atomic E-state index is -0.845. The maximum atomic E-state index is 10.2. The molecule has 0 heterocycles. The third kappa shape index (κ3) is 2.99. The number of likely N-dealkylation sites (N-methyl/N-ethyl adjacent to an activating group) is 1. The minimum absolute atomic E-state index is 0.155. The van der Waals surface area contributed by atoms with Crippen molar-refractivity contribution in [3.63, 3.8) is 0 Å². The molecule has 1 aromatic rings. The summed E-state index contributed by atoms with van der Waals surface area (Å²) in [6, 6.07) is 3.95. The van der Waals surface area contributed by atoms with Gasteiger partial charge in [0.15, 0.2) is 0 Å². The molecule has 0 saturated heterocycles. The Bertz CT molecular complexity index is 394. The summed E-state index contributed by atoms with van der Waals surface area (Å²) >= 11 is 0. The highest BCUT2D eigenvalue weighted by Gasteiger charge is 2.30. The zero-order chi connectivity index (χ0) is 13.2. The van der Waals surface area contributed by atoms with Gasteiger partial charge in [-0.1, -0.05) is 6.07 Å². The van der Waals surface area contributed by atoms with E-state index in [-0.39, 0.29) is 6.04 Å². The number of hydrogen-bond donors (Lipinski definition) is 2. The second-order valence-electron chi connectivity index (χ2n) is 5.07. The Labute approximate surface area is 104 Å². The number of benzene rings is 1. The highest BCUT2D eigenvalue weighted by Crippen LogP contribution is 2.35. The van der Waals surface area contributed by atoms with Crippen LogP contribution in [0.25, 0.3) is 0 Å². The standard InChI is InChI=1S/C14H23NO2/c1-9-7-10(2)12(11(8-9)17-6)13(15-5)14(3,4)16/h7-8,13,15-16H,1-6H3. The third-order valence-electron chi connectivity index (χ3n) is 3.00. The summed E-state index contributed by atoms with van der Waals surface area (Å²) in [5.41, 5.74) is 2.47. The fraction of sp³-hybridized carbons (Fsp3) is 0.571. The molecule has 0 aliphatic heterocycles. The first-order valence-electron chi connectivity index (χ1n) is 5.86. The van der Waals surface area contributed by atoms with Crippen LogP contribution < -0.4 is 10.1 Å². The van der Waals surface area contributed by atoms with Crippen LogP contribution >= 0.6 is 0 Å². The Morgan fingerprint density at radius 3 is 2.29 bits per heavy atom. The number of aliphatic hydroxyl groups is 1. The zero-order valence-electron chi connectivity index (χ0n) is 11.6. The molecule has 1 aromatic carbocycles. The summed E-state index contributed by atoms with van der Waals surface area (Å²) in [4.78, 5) is 0. The number of rotatable bonds is 4. The predicted octanol–water partition coefficient (Wildman–Crippen LogP) is 2.34. The van der Waals surface area contributed by atoms with Crippen LogP contribution in [0.3, 0.4) is 0 Å². The summed E-state index contributed by atoms with van der Waals surface area (Å²) < 4.78 is 5.43. The molecule has 3 nitrogen and oxygen atoms in total. The number of nitrogens with one attached hydrogen (secondary N) is 1. The highest BCUT2D eigenvalue weighted by atomic mass is 16.5. The first kappa shape index (κ1) is 14.0. The van der Waals surface area contributed by atoms with Gasteiger partial charge in [0.1, 0.15) is 5.75 Å². The number of ether oxygens (including phenoxy) is 1. The van der Waals surface area contributed by atoms with Gasteiger partial charge in [0.25, 0.3) is 0 Å². The second kappa shape index (κ2) is 5.07. The van der Waals surface area contributed by atoms with Crippen LogP contribution in [0.5, 0.6) is 5.75 Å². The molecule has 1 unspecified atom stereocenters. The van der Waals surface area contributed by atoms with E-state index in [1.807, 2.05) is 27.0 Å². The molecule has 0 aliphatic carbocycles. The Kier molecular flexibility index (Phi) is 4.17. The van der Waals surface area contributed by atoms with Gasteiger partial charge in [-0.15, -0.1) is 0 Å². The van der Waals surface area contributed by atoms with Crippen molar-refractivity contribution < 1.29 is 9.84 Å². The van der Waals surface area contributed by atoms with Crippen molar-refractivity contribution in [1.29, 1.82) is 0 Å². The highest BCUT2D eigenvalue weighted by molar-refractivity contribution is 5.46. The molecular formula is C14H23NO2. The van der Waals surface area contributed by atoms with Crippen molar-refractivity contribution in [2.24, 2.45) is 0 Å². The summed E-state index contributed by atoms with van der Waals surface area (Å²) in [5.74, 6) is 0.823. The molecule has 0 bridgehead atoms. The molecule has 0 radical (unpaired) electrons. The Morgan fingerprint density at radius 2 is 1.88 bits per heavy atom. The predicted molar refractivity (Wildman–Crippen MR) is 70.6 cm³/mol. The molecule has 0 fully saturated rings. The van der Waals surface area contributed by atoms with Crippen molar-refractivity contribution >= 4 is 0 Å². The molecule has 96 valence electrons. The van der Waals surface area contributed by atoms with E-state index in [0.717, 1.165) is 22.4 Å². The van der Waals surface area contributed by atoms with E-state index in [1.165, 1.54) is 0 Å². The maximum absolute atomic E-state index is 10.2. The lowest BCUT2D eigenvalue weighted by atomic mass is 9.88. The summed E-state index contributed by atoms with van der Waals surface area (Å²) in [7, 11) is 3.51. The van der Waals surface area contributed by atoms with E-state index in [4.69, 9.17) is 4.74 Å². The smallest absolute Gasteiger partial charge is 0.124 e. The normalized spacial score (nSPS) is 13.6. The van der Waals surface area contributed by atoms with Crippen molar-refractivity contribution in [3.8, 4) is 5.75 Å². The monoisotopic (exact) mass is 237 g/mol. The van der Waals surface area contributed by atoms with Gasteiger partial charge < -0.3 is 15.2 Å². The molecule has 0 aromatic heterocycles. The van der Waals surface area contributed by atoms with E-state index in [2.05, 4.69) is 11.4 Å². The average molecular weight is 237 g/mol. The SMILES string of the molecule is CNC(c1c(C)cc(C)cc1OC)C(C)(C)O. The van der Waals surface area contributed by atoms with Crippen LogP contribution in [0.2, 0.25) is 0 Å². The lowest BCUT2D eigenvalue weighted by Crippen LogP contribution is -2.38. The Morgan fingerprint density at radius 1 is 1.29 bits per heavy atom. The Balaban J connectivity index is 3.37. The van der Waals surface area contributed by atoms with Gasteiger partial charge in [-0.3, -0.25) is 0 Å². The van der Waals surface area contributed by atoms with Crippen molar-refractivity contribution in [2.45, 2.75) is 39.3 Å². The van der Waals surface area contributed by atoms with Crippen LogP contribution in [-0.2, 0) is 0 Å². The second-order valence-corrected chi connectivity index (χ2v) is 5.07. The van der Waals surface area contributed by atoms with Gasteiger partial charge in [0.05, 0.1) is 18.8 Å². The van der Waals surface area contributed by atoms with Crippen LogP contribution in [0.1, 0.15) is 36.6 Å². The van der Waals surface area contributed by atoms with Gasteiger partial charge in [-0.2, -0.15) is 0 Å². The lowest BCUT2D eigenvalue weighted by Gasteiger charge is -2.31. The molecule has 0 spiro atoms. The van der Waals surface area contributed by atoms with Crippen molar-refractivity contribution in [2.75, 3.05) is 14.2 Å². The molecule has 1 atom stereocenters. The van der Waals surface area contributed by atoms with Gasteiger partial charge in [0.2, 0.25) is 0 Å². The maximum Gasteiger partial charge on any atom is 0.124 e. The van der Waals surface area contributed by atoms with E-state index in [1.54, 1.807) is 21.0 Å². The van der Waals surface area contributed by atoms with Crippen LogP contribution in [0.15, 0.2) is 12.1 Å². The van der Waals surface area contributed by atoms with Crippen LogP contribution in [-0.4, -0.2) is 24.9 Å². The first-order chi connectivity index (χ1) is 7.81.